The monoisotopic (exact) mass is 372 g/mol. The smallest absolute Gasteiger partial charge is 0.296 e. The summed E-state index contributed by atoms with van der Waals surface area (Å²) in [4.78, 5) is 27.3. The average Bonchev–Trinajstić information content (AvgIpc) is 3.29. The molecular formula is C16H17ClN8O. The van der Waals surface area contributed by atoms with Crippen LogP contribution in [-0.4, -0.2) is 42.4 Å². The zero-order chi connectivity index (χ0) is 17.2. The molecule has 3 aromatic rings. The van der Waals surface area contributed by atoms with Crippen molar-refractivity contribution in [3.05, 3.63) is 47.2 Å². The van der Waals surface area contributed by atoms with E-state index in [1.165, 1.54) is 34.5 Å². The summed E-state index contributed by atoms with van der Waals surface area (Å²) in [5, 5.41) is 11.8. The van der Waals surface area contributed by atoms with Crippen LogP contribution in [0.3, 0.4) is 0 Å². The van der Waals surface area contributed by atoms with Crippen LogP contribution >= 0.6 is 12.4 Å². The number of anilines is 1. The molecule has 0 bridgehead atoms. The number of nitriles is 1. The van der Waals surface area contributed by atoms with Gasteiger partial charge < -0.3 is 4.90 Å². The molecule has 0 unspecified atom stereocenters. The summed E-state index contributed by atoms with van der Waals surface area (Å²) in [5.74, 6) is 1.30. The van der Waals surface area contributed by atoms with Crippen LogP contribution in [0.5, 0.6) is 0 Å². The van der Waals surface area contributed by atoms with Crippen LogP contribution in [0.1, 0.15) is 25.0 Å². The lowest BCUT2D eigenvalue weighted by atomic mass is 10.1. The maximum Gasteiger partial charge on any atom is 0.296 e. The number of hydrogen-bond donors (Lipinski definition) is 1. The molecule has 0 radical (unpaired) electrons. The number of aromatic amines is 1. The van der Waals surface area contributed by atoms with E-state index < -0.39 is 0 Å². The number of halogens is 1. The summed E-state index contributed by atoms with van der Waals surface area (Å²) in [6.07, 6.45) is 9.51. The van der Waals surface area contributed by atoms with Crippen LogP contribution in [-0.2, 0) is 0 Å². The van der Waals surface area contributed by atoms with Gasteiger partial charge in [0.1, 0.15) is 30.2 Å². The fourth-order valence-electron chi connectivity index (χ4n) is 2.98. The van der Waals surface area contributed by atoms with Crippen molar-refractivity contribution in [3.63, 3.8) is 0 Å². The highest BCUT2D eigenvalue weighted by molar-refractivity contribution is 5.85. The molecule has 1 aliphatic heterocycles. The first kappa shape index (κ1) is 17.7. The standard InChI is InChI=1S/C16H16N8O.ClH/c17-7-12-9-23(11-20-12)13-8-21-24(16(13)25)15-6-14(18-10-19-15)22-4-2-1-3-5-22;/h6,8-11,21H,1-5H2;1H. The lowest BCUT2D eigenvalue weighted by Crippen LogP contribution is -2.30. The Morgan fingerprint density at radius 2 is 1.88 bits per heavy atom. The Morgan fingerprint density at radius 3 is 2.62 bits per heavy atom. The Labute approximate surface area is 155 Å². The second kappa shape index (κ2) is 7.41. The summed E-state index contributed by atoms with van der Waals surface area (Å²) in [6.45, 7) is 1.93. The van der Waals surface area contributed by atoms with E-state index in [1.54, 1.807) is 6.20 Å². The molecule has 1 saturated heterocycles. The largest absolute Gasteiger partial charge is 0.356 e. The zero-order valence-electron chi connectivity index (χ0n) is 13.9. The minimum absolute atomic E-state index is 0. The average molecular weight is 373 g/mol. The van der Waals surface area contributed by atoms with Crippen molar-refractivity contribution in [1.29, 1.82) is 5.26 Å². The summed E-state index contributed by atoms with van der Waals surface area (Å²) in [7, 11) is 0. The third-order valence-electron chi connectivity index (χ3n) is 4.28. The molecule has 1 N–H and O–H groups in total. The SMILES string of the molecule is Cl.N#Cc1cn(-c2c[nH]n(-c3cc(N4CCCCC4)ncn3)c2=O)cn1. The lowest BCUT2D eigenvalue weighted by Gasteiger charge is -2.27. The van der Waals surface area contributed by atoms with Crippen LogP contribution in [0.2, 0.25) is 0 Å². The molecule has 0 spiro atoms. The number of H-pyrrole nitrogens is 1. The molecule has 4 rings (SSSR count). The number of hydrogen-bond acceptors (Lipinski definition) is 6. The van der Waals surface area contributed by atoms with Gasteiger partial charge in [-0.15, -0.1) is 12.4 Å². The second-order valence-corrected chi connectivity index (χ2v) is 5.86. The predicted octanol–water partition coefficient (Wildman–Crippen LogP) is 1.43. The van der Waals surface area contributed by atoms with Crippen molar-refractivity contribution in [3.8, 4) is 17.6 Å². The van der Waals surface area contributed by atoms with E-state index in [1.807, 2.05) is 12.1 Å². The minimum Gasteiger partial charge on any atom is -0.356 e. The number of imidazole rings is 1. The fourth-order valence-corrected chi connectivity index (χ4v) is 2.98. The van der Waals surface area contributed by atoms with Gasteiger partial charge in [0, 0.05) is 31.5 Å². The van der Waals surface area contributed by atoms with E-state index in [0.717, 1.165) is 31.7 Å². The number of rotatable bonds is 3. The summed E-state index contributed by atoms with van der Waals surface area (Å²) < 4.78 is 2.87. The third kappa shape index (κ3) is 3.19. The van der Waals surface area contributed by atoms with Gasteiger partial charge in [-0.2, -0.15) is 9.94 Å². The number of nitrogens with zero attached hydrogens (tertiary/aromatic N) is 7. The van der Waals surface area contributed by atoms with Crippen molar-refractivity contribution >= 4 is 18.2 Å². The highest BCUT2D eigenvalue weighted by atomic mass is 35.5. The highest BCUT2D eigenvalue weighted by Gasteiger charge is 2.15. The van der Waals surface area contributed by atoms with E-state index >= 15 is 0 Å². The van der Waals surface area contributed by atoms with Crippen LogP contribution in [0, 0.1) is 11.3 Å². The van der Waals surface area contributed by atoms with Gasteiger partial charge in [0.05, 0.1) is 0 Å². The summed E-state index contributed by atoms with van der Waals surface area (Å²) >= 11 is 0. The Hall–Kier alpha value is -3.12. The molecule has 0 saturated carbocycles. The van der Waals surface area contributed by atoms with Crippen molar-refractivity contribution in [2.24, 2.45) is 0 Å². The van der Waals surface area contributed by atoms with Crippen LogP contribution < -0.4 is 10.5 Å². The van der Waals surface area contributed by atoms with E-state index in [-0.39, 0.29) is 23.7 Å². The molecule has 1 aliphatic rings. The molecule has 3 aromatic heterocycles. The molecule has 9 nitrogen and oxygen atoms in total. The number of aromatic nitrogens is 6. The van der Waals surface area contributed by atoms with Crippen molar-refractivity contribution in [2.45, 2.75) is 19.3 Å². The molecule has 0 amide bonds. The molecular weight excluding hydrogens is 356 g/mol. The quantitative estimate of drug-likeness (QED) is 0.744. The normalized spacial score (nSPS) is 13.9. The Balaban J connectivity index is 0.00000196. The van der Waals surface area contributed by atoms with E-state index in [4.69, 9.17) is 5.26 Å². The van der Waals surface area contributed by atoms with E-state index in [9.17, 15) is 4.79 Å². The highest BCUT2D eigenvalue weighted by Crippen LogP contribution is 2.18. The van der Waals surface area contributed by atoms with Crippen molar-refractivity contribution < 1.29 is 0 Å². The van der Waals surface area contributed by atoms with Crippen molar-refractivity contribution in [1.82, 2.24) is 29.3 Å². The topological polar surface area (TPSA) is 108 Å². The maximum absolute atomic E-state index is 12.7. The summed E-state index contributed by atoms with van der Waals surface area (Å²) in [5.41, 5.74) is 0.346. The first-order valence-electron chi connectivity index (χ1n) is 8.08. The molecule has 4 heterocycles. The zero-order valence-corrected chi connectivity index (χ0v) is 14.7. The van der Waals surface area contributed by atoms with Gasteiger partial charge in [-0.1, -0.05) is 0 Å². The first-order chi connectivity index (χ1) is 12.3. The molecule has 26 heavy (non-hydrogen) atoms. The maximum atomic E-state index is 12.7. The number of piperidine rings is 1. The van der Waals surface area contributed by atoms with Gasteiger partial charge >= 0.3 is 0 Å². The van der Waals surface area contributed by atoms with Gasteiger partial charge in [-0.25, -0.2) is 15.0 Å². The van der Waals surface area contributed by atoms with Crippen molar-refractivity contribution in [2.75, 3.05) is 18.0 Å². The van der Waals surface area contributed by atoms with E-state index in [2.05, 4.69) is 25.0 Å². The van der Waals surface area contributed by atoms with Crippen LogP contribution in [0.25, 0.3) is 11.5 Å². The Kier molecular flexibility index (Phi) is 5.04. The van der Waals surface area contributed by atoms with Gasteiger partial charge in [-0.3, -0.25) is 14.5 Å². The summed E-state index contributed by atoms with van der Waals surface area (Å²) in [6, 6.07) is 3.75. The van der Waals surface area contributed by atoms with Crippen LogP contribution in [0.15, 0.2) is 35.9 Å². The molecule has 0 atom stereocenters. The molecule has 1 fully saturated rings. The minimum atomic E-state index is -0.273. The predicted molar refractivity (Wildman–Crippen MR) is 97.1 cm³/mol. The van der Waals surface area contributed by atoms with Gasteiger partial charge in [0.15, 0.2) is 11.5 Å². The third-order valence-corrected chi connectivity index (χ3v) is 4.28. The Bertz CT molecular complexity index is 992. The lowest BCUT2D eigenvalue weighted by molar-refractivity contribution is 0.572. The fraction of sp³-hybridized carbons (Fsp3) is 0.312. The first-order valence-corrected chi connectivity index (χ1v) is 8.08. The number of nitrogens with one attached hydrogen (secondary N) is 1. The molecule has 10 heteroatoms. The Morgan fingerprint density at radius 1 is 1.12 bits per heavy atom. The van der Waals surface area contributed by atoms with Gasteiger partial charge in [-0.05, 0) is 19.3 Å². The van der Waals surface area contributed by atoms with Crippen LogP contribution in [0.4, 0.5) is 5.82 Å². The molecule has 134 valence electrons. The molecule has 0 aromatic carbocycles. The second-order valence-electron chi connectivity index (χ2n) is 5.86. The van der Waals surface area contributed by atoms with Gasteiger partial charge in [0.2, 0.25) is 0 Å². The van der Waals surface area contributed by atoms with E-state index in [0.29, 0.717) is 11.5 Å². The van der Waals surface area contributed by atoms with Gasteiger partial charge in [0.25, 0.3) is 5.56 Å². The molecule has 0 aliphatic carbocycles.